The summed E-state index contributed by atoms with van der Waals surface area (Å²) in [5.41, 5.74) is 0.797. The maximum Gasteiger partial charge on any atom is 0.422 e. The molecule has 1 aliphatic heterocycles. The van der Waals surface area contributed by atoms with Crippen molar-refractivity contribution in [1.82, 2.24) is 4.90 Å². The molecule has 1 fully saturated rings. The average Bonchev–Trinajstić information content (AvgIpc) is 2.81. The van der Waals surface area contributed by atoms with Crippen molar-refractivity contribution in [3.8, 4) is 5.75 Å². The quantitative estimate of drug-likeness (QED) is 0.816. The number of imide groups is 1. The number of benzene rings is 2. The van der Waals surface area contributed by atoms with E-state index in [1.54, 1.807) is 20.1 Å². The molecular weight excluding hydrogens is 282 g/mol. The molecule has 0 unspecified atom stereocenters. The molecule has 5 nitrogen and oxygen atoms in total. The molecular formula is C17H15NO4. The number of methoxy groups -OCH3 is 1. The van der Waals surface area contributed by atoms with Crippen LogP contribution >= 0.6 is 0 Å². The van der Waals surface area contributed by atoms with Crippen LogP contribution in [0.2, 0.25) is 0 Å². The second-order valence-electron chi connectivity index (χ2n) is 4.83. The molecule has 0 aliphatic carbocycles. The van der Waals surface area contributed by atoms with Crippen LogP contribution in [0.25, 0.3) is 16.8 Å². The monoisotopic (exact) mass is 297 g/mol. The molecule has 0 aromatic heterocycles. The molecule has 0 atom stereocenters. The first-order valence-electron chi connectivity index (χ1n) is 6.96. The number of rotatable bonds is 3. The predicted molar refractivity (Wildman–Crippen MR) is 82.3 cm³/mol. The van der Waals surface area contributed by atoms with Crippen LogP contribution in [-0.4, -0.2) is 30.6 Å². The highest BCUT2D eigenvalue weighted by molar-refractivity contribution is 6.11. The summed E-state index contributed by atoms with van der Waals surface area (Å²) in [6.07, 6.45) is 0.967. The fourth-order valence-corrected chi connectivity index (χ4v) is 2.51. The topological polar surface area (TPSA) is 55.8 Å². The van der Waals surface area contributed by atoms with E-state index in [0.717, 1.165) is 27.0 Å². The highest BCUT2D eigenvalue weighted by atomic mass is 16.6. The van der Waals surface area contributed by atoms with Gasteiger partial charge in [-0.1, -0.05) is 30.3 Å². The lowest BCUT2D eigenvalue weighted by atomic mass is 10.0. The minimum Gasteiger partial charge on any atom is -0.496 e. The van der Waals surface area contributed by atoms with Gasteiger partial charge in [-0.2, -0.15) is 0 Å². The van der Waals surface area contributed by atoms with Crippen molar-refractivity contribution >= 4 is 28.8 Å². The normalized spacial score (nSPS) is 16.5. The number of ether oxygens (including phenoxy) is 2. The number of carbonyl (C=O) groups is 2. The fourth-order valence-electron chi connectivity index (χ4n) is 2.51. The maximum atomic E-state index is 12.1. The Morgan fingerprint density at radius 1 is 1.14 bits per heavy atom. The minimum absolute atomic E-state index is 0.0437. The Bertz CT molecular complexity index is 794. The van der Waals surface area contributed by atoms with Gasteiger partial charge in [-0.15, -0.1) is 0 Å². The van der Waals surface area contributed by atoms with Gasteiger partial charge in [-0.05, 0) is 30.0 Å². The zero-order chi connectivity index (χ0) is 15.7. The van der Waals surface area contributed by atoms with Crippen molar-refractivity contribution in [3.05, 3.63) is 47.7 Å². The third kappa shape index (κ3) is 2.20. The van der Waals surface area contributed by atoms with Gasteiger partial charge in [0.25, 0.3) is 5.91 Å². The van der Waals surface area contributed by atoms with Gasteiger partial charge in [0.2, 0.25) is 0 Å². The van der Waals surface area contributed by atoms with E-state index in [0.29, 0.717) is 6.54 Å². The lowest BCUT2D eigenvalue weighted by molar-refractivity contribution is -0.123. The lowest BCUT2D eigenvalue weighted by Gasteiger charge is -2.08. The van der Waals surface area contributed by atoms with Crippen molar-refractivity contribution in [2.75, 3.05) is 13.7 Å². The molecule has 0 saturated carbocycles. The van der Waals surface area contributed by atoms with E-state index in [9.17, 15) is 9.59 Å². The van der Waals surface area contributed by atoms with E-state index in [2.05, 4.69) is 0 Å². The van der Waals surface area contributed by atoms with Crippen LogP contribution in [0.4, 0.5) is 4.79 Å². The Morgan fingerprint density at radius 2 is 1.86 bits per heavy atom. The Hall–Kier alpha value is -2.82. The number of hydrogen-bond acceptors (Lipinski definition) is 4. The summed E-state index contributed by atoms with van der Waals surface area (Å²) in [6, 6.07) is 11.4. The maximum absolute atomic E-state index is 12.1. The highest BCUT2D eigenvalue weighted by Crippen LogP contribution is 2.30. The van der Waals surface area contributed by atoms with Gasteiger partial charge < -0.3 is 9.47 Å². The lowest BCUT2D eigenvalue weighted by Crippen LogP contribution is -2.28. The molecule has 3 rings (SSSR count). The standard InChI is InChI=1S/C17H15NO4/c1-3-18-16(19)15(22-17(18)20)10-11-8-9-14(21-2)13-7-5-4-6-12(11)13/h4-10H,3H2,1-2H3/b15-10+. The third-order valence-electron chi connectivity index (χ3n) is 3.61. The number of cyclic esters (lactones) is 1. The zero-order valence-electron chi connectivity index (χ0n) is 12.3. The molecule has 0 radical (unpaired) electrons. The molecule has 2 aromatic carbocycles. The van der Waals surface area contributed by atoms with Gasteiger partial charge >= 0.3 is 6.09 Å². The van der Waals surface area contributed by atoms with Crippen LogP contribution < -0.4 is 4.74 Å². The Labute approximate surface area is 127 Å². The summed E-state index contributed by atoms with van der Waals surface area (Å²) in [5.74, 6) is 0.386. The van der Waals surface area contributed by atoms with Gasteiger partial charge in [0.15, 0.2) is 5.76 Å². The first-order valence-corrected chi connectivity index (χ1v) is 6.96. The van der Waals surface area contributed by atoms with Gasteiger partial charge in [0, 0.05) is 11.9 Å². The zero-order valence-corrected chi connectivity index (χ0v) is 12.3. The molecule has 1 aliphatic rings. The molecule has 0 spiro atoms. The fraction of sp³-hybridized carbons (Fsp3) is 0.176. The summed E-state index contributed by atoms with van der Waals surface area (Å²) < 4.78 is 10.4. The smallest absolute Gasteiger partial charge is 0.422 e. The number of fused-ring (bicyclic) bond motifs is 1. The van der Waals surface area contributed by atoms with Crippen molar-refractivity contribution in [3.63, 3.8) is 0 Å². The van der Waals surface area contributed by atoms with E-state index in [1.165, 1.54) is 0 Å². The summed E-state index contributed by atoms with van der Waals surface area (Å²) in [5, 5.41) is 1.86. The van der Waals surface area contributed by atoms with E-state index < -0.39 is 12.0 Å². The van der Waals surface area contributed by atoms with Crippen LogP contribution in [0.1, 0.15) is 12.5 Å². The summed E-state index contributed by atoms with van der Waals surface area (Å²) in [7, 11) is 1.61. The molecule has 0 bridgehead atoms. The number of amides is 2. The second kappa shape index (κ2) is 5.52. The van der Waals surface area contributed by atoms with Crippen molar-refractivity contribution < 1.29 is 19.1 Å². The first kappa shape index (κ1) is 14.1. The Kier molecular flexibility index (Phi) is 3.55. The average molecular weight is 297 g/mol. The number of carbonyl (C=O) groups excluding carboxylic acids is 2. The Morgan fingerprint density at radius 3 is 2.50 bits per heavy atom. The van der Waals surface area contributed by atoms with Crippen molar-refractivity contribution in [2.24, 2.45) is 0 Å². The largest absolute Gasteiger partial charge is 0.496 e. The van der Waals surface area contributed by atoms with Crippen molar-refractivity contribution in [2.45, 2.75) is 6.92 Å². The number of nitrogens with zero attached hydrogens (tertiary/aromatic N) is 1. The van der Waals surface area contributed by atoms with Crippen LogP contribution in [0, 0.1) is 0 Å². The SMILES string of the molecule is CCN1C(=O)O/C(=C/c2ccc(OC)c3ccccc23)C1=O. The predicted octanol–water partition coefficient (Wildman–Crippen LogP) is 3.19. The van der Waals surface area contributed by atoms with Crippen LogP contribution in [0.3, 0.4) is 0 Å². The van der Waals surface area contributed by atoms with Gasteiger partial charge in [-0.25, -0.2) is 9.69 Å². The minimum atomic E-state index is -0.628. The van der Waals surface area contributed by atoms with Gasteiger partial charge in [0.1, 0.15) is 5.75 Å². The molecule has 1 saturated heterocycles. The van der Waals surface area contributed by atoms with Gasteiger partial charge in [-0.3, -0.25) is 4.79 Å². The van der Waals surface area contributed by atoms with Crippen molar-refractivity contribution in [1.29, 1.82) is 0 Å². The van der Waals surface area contributed by atoms with Crippen LogP contribution in [-0.2, 0) is 9.53 Å². The molecule has 112 valence electrons. The van der Waals surface area contributed by atoms with Gasteiger partial charge in [0.05, 0.1) is 7.11 Å². The Balaban J connectivity index is 2.11. The van der Waals surface area contributed by atoms with E-state index in [4.69, 9.17) is 9.47 Å². The molecule has 5 heteroatoms. The first-order chi connectivity index (χ1) is 10.7. The molecule has 2 amide bonds. The highest BCUT2D eigenvalue weighted by Gasteiger charge is 2.35. The second-order valence-corrected chi connectivity index (χ2v) is 4.83. The van der Waals surface area contributed by atoms with E-state index >= 15 is 0 Å². The molecule has 1 heterocycles. The number of hydrogen-bond donors (Lipinski definition) is 0. The van der Waals surface area contributed by atoms with E-state index in [1.807, 2.05) is 36.4 Å². The van der Waals surface area contributed by atoms with E-state index in [-0.39, 0.29) is 5.76 Å². The molecule has 2 aromatic rings. The third-order valence-corrected chi connectivity index (χ3v) is 3.61. The molecule has 22 heavy (non-hydrogen) atoms. The van der Waals surface area contributed by atoms with Crippen LogP contribution in [0.5, 0.6) is 5.75 Å². The summed E-state index contributed by atoms with van der Waals surface area (Å²) in [4.78, 5) is 24.8. The molecule has 0 N–H and O–H groups in total. The summed E-state index contributed by atoms with van der Waals surface area (Å²) in [6.45, 7) is 2.02. The summed E-state index contributed by atoms with van der Waals surface area (Å²) >= 11 is 0. The van der Waals surface area contributed by atoms with Crippen LogP contribution in [0.15, 0.2) is 42.2 Å². The number of likely N-dealkylation sites (N-methyl/N-ethyl adjacent to an activating group) is 1.